The van der Waals surface area contributed by atoms with Gasteiger partial charge in [0, 0.05) is 26.1 Å². The summed E-state index contributed by atoms with van der Waals surface area (Å²) in [4.78, 5) is 28.8. The van der Waals surface area contributed by atoms with Crippen LogP contribution in [0, 0.1) is 5.82 Å². The average molecular weight is 475 g/mol. The van der Waals surface area contributed by atoms with Crippen molar-refractivity contribution in [2.45, 2.75) is 44.4 Å². The molecule has 1 N–H and O–H groups in total. The Morgan fingerprint density at radius 2 is 1.57 bits per heavy atom. The summed E-state index contributed by atoms with van der Waals surface area (Å²) >= 11 is 0. The van der Waals surface area contributed by atoms with E-state index in [4.69, 9.17) is 4.74 Å². The first-order valence-electron chi connectivity index (χ1n) is 12.1. The summed E-state index contributed by atoms with van der Waals surface area (Å²) in [6.45, 7) is 1.33. The van der Waals surface area contributed by atoms with Crippen LogP contribution in [-0.2, 0) is 33.7 Å². The molecule has 182 valence electrons. The Kier molecular flexibility index (Phi) is 8.63. The lowest BCUT2D eigenvalue weighted by molar-refractivity contribution is -0.141. The van der Waals surface area contributed by atoms with Crippen molar-refractivity contribution in [3.63, 3.8) is 0 Å². The number of hydrogen-bond donors (Lipinski definition) is 1. The summed E-state index contributed by atoms with van der Waals surface area (Å²) in [5.74, 6) is -0.715. The second kappa shape index (κ2) is 12.3. The third kappa shape index (κ3) is 7.23. The number of amides is 2. The minimum absolute atomic E-state index is 0.00175. The van der Waals surface area contributed by atoms with Crippen LogP contribution in [0.4, 0.5) is 4.39 Å². The molecule has 0 bridgehead atoms. The molecule has 0 radical (unpaired) electrons. The SMILES string of the molecule is O=C(NC[C@@H]1CCCO1)[C@H](Cc1ccccc1)N(Cc1ccc(F)cc1)C(=O)Cc1ccccc1. The van der Waals surface area contributed by atoms with E-state index in [1.807, 2.05) is 60.7 Å². The number of carbonyl (C=O) groups is 2. The minimum atomic E-state index is -0.722. The average Bonchev–Trinajstić information content (AvgIpc) is 3.41. The standard InChI is InChI=1S/C29H31FN2O3/c30-25-15-13-24(14-16-25)21-32(28(33)19-23-10-5-2-6-11-23)27(18-22-8-3-1-4-9-22)29(34)31-20-26-12-7-17-35-26/h1-6,8-11,13-16,26-27H,7,12,17-21H2,(H,31,34)/t26-,27-/m0/s1. The third-order valence-electron chi connectivity index (χ3n) is 6.26. The molecule has 0 spiro atoms. The van der Waals surface area contributed by atoms with E-state index in [0.717, 1.165) is 29.5 Å². The van der Waals surface area contributed by atoms with Gasteiger partial charge < -0.3 is 15.0 Å². The molecule has 4 rings (SSSR count). The Hall–Kier alpha value is -3.51. The number of hydrogen-bond acceptors (Lipinski definition) is 3. The van der Waals surface area contributed by atoms with Gasteiger partial charge in [0.05, 0.1) is 12.5 Å². The predicted octanol–water partition coefficient (Wildman–Crippen LogP) is 4.30. The van der Waals surface area contributed by atoms with E-state index in [1.54, 1.807) is 17.0 Å². The molecule has 35 heavy (non-hydrogen) atoms. The monoisotopic (exact) mass is 474 g/mol. The minimum Gasteiger partial charge on any atom is -0.376 e. The van der Waals surface area contributed by atoms with Crippen molar-refractivity contribution in [2.75, 3.05) is 13.2 Å². The lowest BCUT2D eigenvalue weighted by Gasteiger charge is -2.32. The molecule has 0 aromatic heterocycles. The third-order valence-corrected chi connectivity index (χ3v) is 6.26. The van der Waals surface area contributed by atoms with Crippen LogP contribution >= 0.6 is 0 Å². The van der Waals surface area contributed by atoms with Crippen molar-refractivity contribution in [3.8, 4) is 0 Å². The first-order valence-corrected chi connectivity index (χ1v) is 12.1. The van der Waals surface area contributed by atoms with E-state index in [1.165, 1.54) is 12.1 Å². The maximum atomic E-state index is 13.6. The summed E-state index contributed by atoms with van der Waals surface area (Å²) in [5.41, 5.74) is 2.60. The molecule has 1 fully saturated rings. The predicted molar refractivity (Wildman–Crippen MR) is 133 cm³/mol. The summed E-state index contributed by atoms with van der Waals surface area (Å²) in [6, 6.07) is 24.5. The number of halogens is 1. The molecule has 1 aliphatic rings. The molecule has 1 heterocycles. The number of benzene rings is 3. The van der Waals surface area contributed by atoms with Gasteiger partial charge in [-0.05, 0) is 41.7 Å². The summed E-state index contributed by atoms with van der Waals surface area (Å²) in [7, 11) is 0. The Balaban J connectivity index is 1.61. The Morgan fingerprint density at radius 3 is 2.20 bits per heavy atom. The summed E-state index contributed by atoms with van der Waals surface area (Å²) in [5, 5.41) is 3.02. The van der Waals surface area contributed by atoms with Gasteiger partial charge in [0.15, 0.2) is 0 Å². The van der Waals surface area contributed by atoms with Crippen LogP contribution in [0.1, 0.15) is 29.5 Å². The molecule has 2 atom stereocenters. The van der Waals surface area contributed by atoms with Crippen LogP contribution in [0.5, 0.6) is 0 Å². The van der Waals surface area contributed by atoms with Crippen LogP contribution in [0.15, 0.2) is 84.9 Å². The van der Waals surface area contributed by atoms with Crippen molar-refractivity contribution < 1.29 is 18.7 Å². The molecule has 6 heteroatoms. The molecular formula is C29H31FN2O3. The maximum absolute atomic E-state index is 13.6. The van der Waals surface area contributed by atoms with Crippen LogP contribution in [0.2, 0.25) is 0 Å². The summed E-state index contributed by atoms with van der Waals surface area (Å²) in [6.07, 6.45) is 2.45. The van der Waals surface area contributed by atoms with Gasteiger partial charge >= 0.3 is 0 Å². The normalized spacial score (nSPS) is 16.0. The van der Waals surface area contributed by atoms with Crippen molar-refractivity contribution in [2.24, 2.45) is 0 Å². The van der Waals surface area contributed by atoms with Crippen LogP contribution < -0.4 is 5.32 Å². The fourth-order valence-electron chi connectivity index (χ4n) is 4.35. The van der Waals surface area contributed by atoms with E-state index < -0.39 is 6.04 Å². The van der Waals surface area contributed by atoms with Crippen molar-refractivity contribution in [1.82, 2.24) is 10.2 Å². The van der Waals surface area contributed by atoms with Gasteiger partial charge in [0.1, 0.15) is 11.9 Å². The number of nitrogens with one attached hydrogen (secondary N) is 1. The smallest absolute Gasteiger partial charge is 0.243 e. The van der Waals surface area contributed by atoms with Crippen LogP contribution in [0.25, 0.3) is 0 Å². The van der Waals surface area contributed by atoms with E-state index in [9.17, 15) is 14.0 Å². The molecule has 3 aromatic rings. The highest BCUT2D eigenvalue weighted by atomic mass is 19.1. The quantitative estimate of drug-likeness (QED) is 0.477. The van der Waals surface area contributed by atoms with Gasteiger partial charge in [-0.1, -0.05) is 72.8 Å². The molecular weight excluding hydrogens is 443 g/mol. The molecule has 1 aliphatic heterocycles. The lowest BCUT2D eigenvalue weighted by atomic mass is 10.0. The first-order chi connectivity index (χ1) is 17.1. The van der Waals surface area contributed by atoms with E-state index >= 15 is 0 Å². The molecule has 0 aliphatic carbocycles. The van der Waals surface area contributed by atoms with Crippen molar-refractivity contribution >= 4 is 11.8 Å². The molecule has 3 aromatic carbocycles. The van der Waals surface area contributed by atoms with Gasteiger partial charge in [-0.2, -0.15) is 0 Å². The number of ether oxygens (including phenoxy) is 1. The van der Waals surface area contributed by atoms with Gasteiger partial charge in [0.2, 0.25) is 11.8 Å². The zero-order valence-electron chi connectivity index (χ0n) is 19.7. The van der Waals surface area contributed by atoms with E-state index in [0.29, 0.717) is 19.6 Å². The zero-order valence-corrected chi connectivity index (χ0v) is 19.7. The topological polar surface area (TPSA) is 58.6 Å². The highest BCUT2D eigenvalue weighted by Crippen LogP contribution is 2.18. The number of rotatable bonds is 10. The van der Waals surface area contributed by atoms with E-state index in [2.05, 4.69) is 5.32 Å². The van der Waals surface area contributed by atoms with Crippen LogP contribution in [0.3, 0.4) is 0 Å². The van der Waals surface area contributed by atoms with Crippen LogP contribution in [-0.4, -0.2) is 42.0 Å². The maximum Gasteiger partial charge on any atom is 0.243 e. The van der Waals surface area contributed by atoms with Gasteiger partial charge in [-0.25, -0.2) is 4.39 Å². The number of carbonyl (C=O) groups excluding carboxylic acids is 2. The Bertz CT molecular complexity index is 1080. The van der Waals surface area contributed by atoms with Gasteiger partial charge in [-0.15, -0.1) is 0 Å². The Labute approximate surface area is 205 Å². The van der Waals surface area contributed by atoms with E-state index in [-0.39, 0.29) is 36.7 Å². The highest BCUT2D eigenvalue weighted by Gasteiger charge is 2.31. The van der Waals surface area contributed by atoms with Gasteiger partial charge in [-0.3, -0.25) is 9.59 Å². The highest BCUT2D eigenvalue weighted by molar-refractivity contribution is 5.88. The zero-order chi connectivity index (χ0) is 24.5. The molecule has 0 unspecified atom stereocenters. The summed E-state index contributed by atoms with van der Waals surface area (Å²) < 4.78 is 19.2. The molecule has 1 saturated heterocycles. The second-order valence-corrected chi connectivity index (χ2v) is 8.90. The Morgan fingerprint density at radius 1 is 0.914 bits per heavy atom. The van der Waals surface area contributed by atoms with Gasteiger partial charge in [0.25, 0.3) is 0 Å². The molecule has 5 nitrogen and oxygen atoms in total. The second-order valence-electron chi connectivity index (χ2n) is 8.90. The first kappa shape index (κ1) is 24.6. The van der Waals surface area contributed by atoms with Crippen molar-refractivity contribution in [1.29, 1.82) is 0 Å². The molecule has 0 saturated carbocycles. The fraction of sp³-hybridized carbons (Fsp3) is 0.310. The van der Waals surface area contributed by atoms with Crippen molar-refractivity contribution in [3.05, 3.63) is 107 Å². The lowest BCUT2D eigenvalue weighted by Crippen LogP contribution is -2.52. The molecule has 2 amide bonds. The largest absolute Gasteiger partial charge is 0.376 e. The fourth-order valence-corrected chi connectivity index (χ4v) is 4.35. The number of nitrogens with zero attached hydrogens (tertiary/aromatic N) is 1.